The van der Waals surface area contributed by atoms with Crippen molar-refractivity contribution in [2.24, 2.45) is 0 Å². The van der Waals surface area contributed by atoms with E-state index in [-0.39, 0.29) is 40.0 Å². The predicted octanol–water partition coefficient (Wildman–Crippen LogP) is 0.784. The number of carboxylic acid groups (broad SMARTS) is 1. The first kappa shape index (κ1) is 20.3. The Morgan fingerprint density at radius 3 is 2.31 bits per heavy atom. The number of carbonyl (C=O) groups excluding carboxylic acids is 2. The molecule has 3 rings (SSSR count). The zero-order valence-electron chi connectivity index (χ0n) is 15.5. The number of aromatic carboxylic acids is 1. The van der Waals surface area contributed by atoms with Gasteiger partial charge in [-0.1, -0.05) is 0 Å². The van der Waals surface area contributed by atoms with Crippen LogP contribution < -0.4 is 4.74 Å². The standard InChI is InChI=1S/C20H18O9/c1-7-3-10-15(18(25)13(7)20(27)28)19(26)16-12(29-2)5-11(23)9(4-8(22)6-21)14(16)17(10)24/h3,5,8,21-23,25H,4,6H2,1-2H3,(H,27,28). The molecule has 2 aromatic rings. The van der Waals surface area contributed by atoms with Gasteiger partial charge in [0.15, 0.2) is 5.78 Å². The Kier molecular flexibility index (Phi) is 5.04. The lowest BCUT2D eigenvalue weighted by atomic mass is 9.78. The van der Waals surface area contributed by atoms with Gasteiger partial charge in [-0.2, -0.15) is 0 Å². The second-order valence-corrected chi connectivity index (χ2v) is 6.67. The van der Waals surface area contributed by atoms with E-state index in [1.165, 1.54) is 20.1 Å². The third kappa shape index (κ3) is 3.00. The Morgan fingerprint density at radius 2 is 1.76 bits per heavy atom. The molecular weight excluding hydrogens is 384 g/mol. The van der Waals surface area contributed by atoms with Gasteiger partial charge in [0.2, 0.25) is 5.78 Å². The van der Waals surface area contributed by atoms with Gasteiger partial charge in [0, 0.05) is 29.2 Å². The van der Waals surface area contributed by atoms with Gasteiger partial charge in [0.05, 0.1) is 30.9 Å². The molecule has 0 heterocycles. The molecule has 0 spiro atoms. The van der Waals surface area contributed by atoms with Crippen LogP contribution in [0.25, 0.3) is 0 Å². The highest BCUT2D eigenvalue weighted by Crippen LogP contribution is 2.43. The van der Waals surface area contributed by atoms with Crippen LogP contribution in [-0.2, 0) is 6.42 Å². The largest absolute Gasteiger partial charge is 0.508 e. The first-order valence-corrected chi connectivity index (χ1v) is 8.54. The summed E-state index contributed by atoms with van der Waals surface area (Å²) in [5, 5.41) is 49.1. The number of fused-ring (bicyclic) bond motifs is 2. The molecule has 0 bridgehead atoms. The van der Waals surface area contributed by atoms with Crippen LogP contribution in [0.5, 0.6) is 17.2 Å². The van der Waals surface area contributed by atoms with Crippen molar-refractivity contribution in [3.05, 3.63) is 51.1 Å². The highest BCUT2D eigenvalue weighted by Gasteiger charge is 2.39. The molecule has 0 aromatic heterocycles. The molecule has 0 aliphatic heterocycles. The van der Waals surface area contributed by atoms with E-state index in [4.69, 9.17) is 9.84 Å². The number of ether oxygens (including phenoxy) is 1. The molecular formula is C20H18O9. The minimum absolute atomic E-state index is 0.0641. The van der Waals surface area contributed by atoms with Crippen LogP contribution in [0.1, 0.15) is 53.3 Å². The lowest BCUT2D eigenvalue weighted by Crippen LogP contribution is -2.26. The van der Waals surface area contributed by atoms with Crippen molar-refractivity contribution in [3.8, 4) is 17.2 Å². The lowest BCUT2D eigenvalue weighted by molar-refractivity contribution is 0.0692. The number of aryl methyl sites for hydroxylation is 1. The van der Waals surface area contributed by atoms with E-state index < -0.39 is 52.9 Å². The Hall–Kier alpha value is -3.43. The number of aromatic hydroxyl groups is 2. The number of methoxy groups -OCH3 is 1. The third-order valence-electron chi connectivity index (χ3n) is 4.88. The number of phenols is 2. The van der Waals surface area contributed by atoms with E-state index in [9.17, 15) is 34.8 Å². The minimum atomic E-state index is -1.46. The van der Waals surface area contributed by atoms with Gasteiger partial charge in [-0.15, -0.1) is 0 Å². The molecule has 9 heteroatoms. The van der Waals surface area contributed by atoms with Crippen LogP contribution in [0, 0.1) is 6.92 Å². The summed E-state index contributed by atoms with van der Waals surface area (Å²) in [7, 11) is 1.21. The van der Waals surface area contributed by atoms with E-state index in [1.807, 2.05) is 0 Å². The molecule has 152 valence electrons. The number of phenolic OH excluding ortho intramolecular Hbond substituents is 1. The highest BCUT2D eigenvalue weighted by atomic mass is 16.5. The van der Waals surface area contributed by atoms with Crippen LogP contribution >= 0.6 is 0 Å². The second-order valence-electron chi connectivity index (χ2n) is 6.67. The second kappa shape index (κ2) is 7.19. The van der Waals surface area contributed by atoms with E-state index >= 15 is 0 Å². The molecule has 0 radical (unpaired) electrons. The summed E-state index contributed by atoms with van der Waals surface area (Å²) >= 11 is 0. The third-order valence-corrected chi connectivity index (χ3v) is 4.88. The van der Waals surface area contributed by atoms with Crippen molar-refractivity contribution in [3.63, 3.8) is 0 Å². The molecule has 1 aliphatic carbocycles. The summed E-state index contributed by atoms with van der Waals surface area (Å²) < 4.78 is 5.11. The summed E-state index contributed by atoms with van der Waals surface area (Å²) in [6.45, 7) is 0.733. The van der Waals surface area contributed by atoms with Crippen molar-refractivity contribution < 1.29 is 44.7 Å². The fraction of sp³-hybridized carbons (Fsp3) is 0.250. The molecule has 1 atom stereocenters. The molecule has 1 unspecified atom stereocenters. The highest BCUT2D eigenvalue weighted by molar-refractivity contribution is 6.31. The maximum atomic E-state index is 13.2. The first-order chi connectivity index (χ1) is 13.6. The summed E-state index contributed by atoms with van der Waals surface area (Å²) in [5.41, 5.74) is -1.68. The van der Waals surface area contributed by atoms with Crippen LogP contribution in [0.4, 0.5) is 0 Å². The molecule has 2 aromatic carbocycles. The maximum absolute atomic E-state index is 13.2. The van der Waals surface area contributed by atoms with Gasteiger partial charge in [0.1, 0.15) is 22.8 Å². The number of benzene rings is 2. The predicted molar refractivity (Wildman–Crippen MR) is 98.1 cm³/mol. The summed E-state index contributed by atoms with van der Waals surface area (Å²) in [6.07, 6.45) is -1.62. The maximum Gasteiger partial charge on any atom is 0.339 e. The zero-order valence-corrected chi connectivity index (χ0v) is 15.5. The van der Waals surface area contributed by atoms with Gasteiger partial charge in [-0.25, -0.2) is 4.79 Å². The molecule has 5 N–H and O–H groups in total. The number of aliphatic hydroxyl groups is 2. The minimum Gasteiger partial charge on any atom is -0.508 e. The Balaban J connectivity index is 2.39. The summed E-state index contributed by atoms with van der Waals surface area (Å²) in [5.74, 6) is -4.46. The average molecular weight is 402 g/mol. The van der Waals surface area contributed by atoms with Crippen LogP contribution in [0.15, 0.2) is 12.1 Å². The van der Waals surface area contributed by atoms with Crippen molar-refractivity contribution >= 4 is 17.5 Å². The fourth-order valence-corrected chi connectivity index (χ4v) is 3.57. The van der Waals surface area contributed by atoms with Crippen molar-refractivity contribution in [1.82, 2.24) is 0 Å². The van der Waals surface area contributed by atoms with E-state index in [2.05, 4.69) is 0 Å². The van der Waals surface area contributed by atoms with Crippen molar-refractivity contribution in [1.29, 1.82) is 0 Å². The van der Waals surface area contributed by atoms with Crippen LogP contribution in [0.3, 0.4) is 0 Å². The van der Waals surface area contributed by atoms with Crippen molar-refractivity contribution in [2.75, 3.05) is 13.7 Å². The number of ketones is 2. The number of aliphatic hydroxyl groups excluding tert-OH is 2. The monoisotopic (exact) mass is 402 g/mol. The molecule has 0 fully saturated rings. The quantitative estimate of drug-likeness (QED) is 0.415. The summed E-state index contributed by atoms with van der Waals surface area (Å²) in [6, 6.07) is 2.27. The molecule has 9 nitrogen and oxygen atoms in total. The topological polar surface area (TPSA) is 162 Å². The van der Waals surface area contributed by atoms with Gasteiger partial charge >= 0.3 is 5.97 Å². The number of rotatable bonds is 5. The van der Waals surface area contributed by atoms with Gasteiger partial charge in [-0.05, 0) is 18.6 Å². The normalized spacial score (nSPS) is 13.7. The van der Waals surface area contributed by atoms with Gasteiger partial charge in [0.25, 0.3) is 0 Å². The van der Waals surface area contributed by atoms with Crippen molar-refractivity contribution in [2.45, 2.75) is 19.4 Å². The molecule has 29 heavy (non-hydrogen) atoms. The SMILES string of the molecule is COc1cc(O)c(CC(O)CO)c2c1C(=O)c1c(cc(C)c(C(=O)O)c1O)C2=O. The van der Waals surface area contributed by atoms with Gasteiger partial charge < -0.3 is 30.3 Å². The smallest absolute Gasteiger partial charge is 0.339 e. The number of hydrogen-bond acceptors (Lipinski definition) is 8. The fourth-order valence-electron chi connectivity index (χ4n) is 3.57. The Bertz CT molecular complexity index is 1070. The van der Waals surface area contributed by atoms with E-state index in [0.717, 1.165) is 6.07 Å². The average Bonchev–Trinajstić information content (AvgIpc) is 2.66. The number of carboxylic acids is 1. The van der Waals surface area contributed by atoms with Crippen LogP contribution in [0.2, 0.25) is 0 Å². The molecule has 0 amide bonds. The van der Waals surface area contributed by atoms with E-state index in [0.29, 0.717) is 0 Å². The molecule has 1 aliphatic rings. The first-order valence-electron chi connectivity index (χ1n) is 8.54. The Morgan fingerprint density at radius 1 is 1.10 bits per heavy atom. The van der Waals surface area contributed by atoms with E-state index in [1.54, 1.807) is 0 Å². The Labute approximate surface area is 164 Å². The number of carbonyl (C=O) groups is 3. The summed E-state index contributed by atoms with van der Waals surface area (Å²) in [4.78, 5) is 37.9. The zero-order chi connectivity index (χ0) is 21.6. The van der Waals surface area contributed by atoms with Gasteiger partial charge in [-0.3, -0.25) is 9.59 Å². The van der Waals surface area contributed by atoms with Crippen LogP contribution in [-0.4, -0.2) is 62.9 Å². The molecule has 0 saturated heterocycles. The molecule has 0 saturated carbocycles. The lowest BCUT2D eigenvalue weighted by Gasteiger charge is -2.25. The number of hydrogen-bond donors (Lipinski definition) is 5.